The Hall–Kier alpha value is -2.89. The Bertz CT molecular complexity index is 689. The normalized spacial score (nSPS) is 10.0. The zero-order valence-electron chi connectivity index (χ0n) is 11.7. The minimum atomic E-state index is -0.602. The van der Waals surface area contributed by atoms with Gasteiger partial charge < -0.3 is 15.8 Å². The van der Waals surface area contributed by atoms with E-state index in [1.54, 1.807) is 36.4 Å². The fraction of sp³-hybridized carbons (Fsp3) is 0.125. The number of rotatable bonds is 6. The first kappa shape index (κ1) is 15.5. The fourth-order valence-electron chi connectivity index (χ4n) is 1.80. The molecule has 0 fully saturated rings. The number of hydrogen-bond acceptors (Lipinski definition) is 3. The summed E-state index contributed by atoms with van der Waals surface area (Å²) >= 11 is 0. The molecule has 0 aliphatic rings. The summed E-state index contributed by atoms with van der Waals surface area (Å²) in [5, 5.41) is 2.62. The van der Waals surface area contributed by atoms with Gasteiger partial charge in [-0.1, -0.05) is 24.3 Å². The van der Waals surface area contributed by atoms with E-state index in [1.165, 1.54) is 12.1 Å². The maximum absolute atomic E-state index is 13.5. The lowest BCUT2D eigenvalue weighted by molar-refractivity contribution is -0.119. The van der Waals surface area contributed by atoms with Crippen LogP contribution in [0.25, 0.3) is 0 Å². The minimum Gasteiger partial charge on any atom is -0.484 e. The molecular formula is C16H15FN2O3. The van der Waals surface area contributed by atoms with Crippen LogP contribution in [0.15, 0.2) is 48.5 Å². The molecular weight excluding hydrogens is 287 g/mol. The Morgan fingerprint density at radius 3 is 2.64 bits per heavy atom. The van der Waals surface area contributed by atoms with E-state index in [-0.39, 0.29) is 24.9 Å². The minimum absolute atomic E-state index is 0.0812. The van der Waals surface area contributed by atoms with Gasteiger partial charge in [0, 0.05) is 17.7 Å². The van der Waals surface area contributed by atoms with Gasteiger partial charge in [0.2, 0.25) is 0 Å². The van der Waals surface area contributed by atoms with Gasteiger partial charge in [0.15, 0.2) is 6.61 Å². The molecule has 0 bridgehead atoms. The Labute approximate surface area is 126 Å². The molecule has 2 aromatic carbocycles. The monoisotopic (exact) mass is 302 g/mol. The van der Waals surface area contributed by atoms with Gasteiger partial charge in [0.25, 0.3) is 11.8 Å². The third kappa shape index (κ3) is 4.31. The molecule has 0 aliphatic carbocycles. The Morgan fingerprint density at radius 2 is 1.91 bits per heavy atom. The smallest absolute Gasteiger partial charge is 0.255 e. The van der Waals surface area contributed by atoms with Crippen molar-refractivity contribution in [3.8, 4) is 5.75 Å². The first-order valence-corrected chi connectivity index (χ1v) is 6.59. The third-order valence-electron chi connectivity index (χ3n) is 2.87. The molecule has 0 atom stereocenters. The molecule has 2 amide bonds. The predicted molar refractivity (Wildman–Crippen MR) is 78.7 cm³/mol. The van der Waals surface area contributed by atoms with E-state index < -0.39 is 5.91 Å². The number of ether oxygens (including phenoxy) is 1. The highest BCUT2D eigenvalue weighted by molar-refractivity contribution is 5.94. The molecule has 0 unspecified atom stereocenters. The van der Waals surface area contributed by atoms with Crippen molar-refractivity contribution in [3.05, 3.63) is 65.5 Å². The van der Waals surface area contributed by atoms with E-state index in [1.807, 2.05) is 0 Å². The Balaban J connectivity index is 1.99. The number of nitrogens with one attached hydrogen (secondary N) is 1. The molecule has 0 saturated heterocycles. The Kier molecular flexibility index (Phi) is 5.08. The van der Waals surface area contributed by atoms with E-state index in [4.69, 9.17) is 10.5 Å². The second kappa shape index (κ2) is 7.21. The average Bonchev–Trinajstić information content (AvgIpc) is 2.52. The largest absolute Gasteiger partial charge is 0.484 e. The topological polar surface area (TPSA) is 81.4 Å². The summed E-state index contributed by atoms with van der Waals surface area (Å²) in [6, 6.07) is 12.5. The first-order valence-electron chi connectivity index (χ1n) is 6.59. The first-order chi connectivity index (χ1) is 10.6. The van der Waals surface area contributed by atoms with Crippen LogP contribution in [0.3, 0.4) is 0 Å². The lowest BCUT2D eigenvalue weighted by atomic mass is 10.1. The quantitative estimate of drug-likeness (QED) is 0.850. The number of carbonyl (C=O) groups excluding carboxylic acids is 2. The van der Waals surface area contributed by atoms with Crippen molar-refractivity contribution in [2.45, 2.75) is 6.54 Å². The molecule has 0 radical (unpaired) electrons. The lowest BCUT2D eigenvalue weighted by Crippen LogP contribution is -2.23. The van der Waals surface area contributed by atoms with E-state index in [9.17, 15) is 14.0 Å². The Morgan fingerprint density at radius 1 is 1.14 bits per heavy atom. The van der Waals surface area contributed by atoms with Gasteiger partial charge in [0.1, 0.15) is 11.6 Å². The van der Waals surface area contributed by atoms with E-state index in [2.05, 4.69) is 5.32 Å². The molecule has 6 heteroatoms. The summed E-state index contributed by atoms with van der Waals surface area (Å²) in [4.78, 5) is 22.7. The van der Waals surface area contributed by atoms with Gasteiger partial charge in [-0.3, -0.25) is 9.59 Å². The third-order valence-corrected chi connectivity index (χ3v) is 2.87. The maximum Gasteiger partial charge on any atom is 0.255 e. The lowest BCUT2D eigenvalue weighted by Gasteiger charge is -2.08. The fourth-order valence-corrected chi connectivity index (χ4v) is 1.80. The molecule has 22 heavy (non-hydrogen) atoms. The number of nitrogens with two attached hydrogens (primary N) is 1. The van der Waals surface area contributed by atoms with Crippen molar-refractivity contribution in [2.75, 3.05) is 6.61 Å². The van der Waals surface area contributed by atoms with Gasteiger partial charge in [-0.05, 0) is 24.3 Å². The number of hydrogen-bond donors (Lipinski definition) is 2. The molecule has 0 heterocycles. The zero-order chi connectivity index (χ0) is 15.9. The van der Waals surface area contributed by atoms with Crippen LogP contribution < -0.4 is 15.8 Å². The van der Waals surface area contributed by atoms with Crippen LogP contribution in [-0.4, -0.2) is 18.4 Å². The van der Waals surface area contributed by atoms with Gasteiger partial charge in [-0.25, -0.2) is 4.39 Å². The van der Waals surface area contributed by atoms with Crippen LogP contribution in [0.4, 0.5) is 4.39 Å². The molecule has 3 N–H and O–H groups in total. The van der Waals surface area contributed by atoms with E-state index in [0.29, 0.717) is 16.9 Å². The molecule has 0 aromatic heterocycles. The second-order valence-electron chi connectivity index (χ2n) is 4.56. The summed E-state index contributed by atoms with van der Waals surface area (Å²) in [6.07, 6.45) is 0. The van der Waals surface area contributed by atoms with Crippen molar-refractivity contribution in [1.82, 2.24) is 5.32 Å². The van der Waals surface area contributed by atoms with E-state index in [0.717, 1.165) is 0 Å². The summed E-state index contributed by atoms with van der Waals surface area (Å²) in [5.41, 5.74) is 5.73. The number of primary amides is 1. The highest BCUT2D eigenvalue weighted by atomic mass is 19.1. The van der Waals surface area contributed by atoms with Crippen LogP contribution in [0, 0.1) is 5.82 Å². The van der Waals surface area contributed by atoms with Crippen molar-refractivity contribution < 1.29 is 18.7 Å². The van der Waals surface area contributed by atoms with Crippen molar-refractivity contribution in [2.24, 2.45) is 5.73 Å². The summed E-state index contributed by atoms with van der Waals surface area (Å²) in [7, 11) is 0. The summed E-state index contributed by atoms with van der Waals surface area (Å²) in [5.74, 6) is -0.985. The highest BCUT2D eigenvalue weighted by Crippen LogP contribution is 2.13. The van der Waals surface area contributed by atoms with Gasteiger partial charge in [-0.2, -0.15) is 0 Å². The van der Waals surface area contributed by atoms with Crippen LogP contribution in [-0.2, 0) is 11.3 Å². The summed E-state index contributed by atoms with van der Waals surface area (Å²) in [6.45, 7) is -0.182. The number of carbonyl (C=O) groups is 2. The average molecular weight is 302 g/mol. The van der Waals surface area contributed by atoms with Crippen molar-refractivity contribution >= 4 is 11.8 Å². The molecule has 0 aliphatic heterocycles. The van der Waals surface area contributed by atoms with Gasteiger partial charge in [-0.15, -0.1) is 0 Å². The van der Waals surface area contributed by atoms with Crippen molar-refractivity contribution in [1.29, 1.82) is 0 Å². The second-order valence-corrected chi connectivity index (χ2v) is 4.56. The molecule has 0 spiro atoms. The van der Waals surface area contributed by atoms with E-state index >= 15 is 0 Å². The number of benzene rings is 2. The highest BCUT2D eigenvalue weighted by Gasteiger charge is 2.08. The molecule has 0 saturated carbocycles. The molecule has 5 nitrogen and oxygen atoms in total. The summed E-state index contributed by atoms with van der Waals surface area (Å²) < 4.78 is 18.6. The van der Waals surface area contributed by atoms with Gasteiger partial charge in [0.05, 0.1) is 0 Å². The zero-order valence-corrected chi connectivity index (χ0v) is 11.7. The molecule has 2 rings (SSSR count). The maximum atomic E-state index is 13.5. The van der Waals surface area contributed by atoms with Crippen molar-refractivity contribution in [3.63, 3.8) is 0 Å². The number of halogens is 1. The van der Waals surface area contributed by atoms with Crippen LogP contribution in [0.5, 0.6) is 5.75 Å². The molecule has 2 aromatic rings. The SMILES string of the molecule is NC(=O)COc1cccc(C(=O)NCc2ccccc2F)c1. The van der Waals surface area contributed by atoms with Crippen LogP contribution in [0.2, 0.25) is 0 Å². The predicted octanol–water partition coefficient (Wildman–Crippen LogP) is 1.62. The molecule has 114 valence electrons. The number of amides is 2. The van der Waals surface area contributed by atoms with Crippen LogP contribution >= 0.6 is 0 Å². The van der Waals surface area contributed by atoms with Crippen LogP contribution in [0.1, 0.15) is 15.9 Å². The standard InChI is InChI=1S/C16H15FN2O3/c17-14-7-2-1-4-12(14)9-19-16(21)11-5-3-6-13(8-11)22-10-15(18)20/h1-8H,9-10H2,(H2,18,20)(H,19,21). The van der Waals surface area contributed by atoms with Gasteiger partial charge >= 0.3 is 0 Å².